The highest BCUT2D eigenvalue weighted by molar-refractivity contribution is 7.99. The third-order valence-corrected chi connectivity index (χ3v) is 3.81. The molecule has 0 bridgehead atoms. The first-order chi connectivity index (χ1) is 11.9. The van der Waals surface area contributed by atoms with Gasteiger partial charge >= 0.3 is 12.1 Å². The number of thioether (sulfide) groups is 1. The van der Waals surface area contributed by atoms with Crippen molar-refractivity contribution in [2.24, 2.45) is 0 Å². The Balaban J connectivity index is 0.00000151. The predicted molar refractivity (Wildman–Crippen MR) is 93.0 cm³/mol. The molecule has 0 aliphatic carbocycles. The number of hydrogen-bond acceptors (Lipinski definition) is 6. The number of carbonyl (C=O) groups excluding carboxylic acids is 1. The summed E-state index contributed by atoms with van der Waals surface area (Å²) >= 11 is 0.889. The number of carbonyl (C=O) groups is 1. The summed E-state index contributed by atoms with van der Waals surface area (Å²) in [5.74, 6) is -3.55. The fourth-order valence-corrected chi connectivity index (χ4v) is 2.20. The molecule has 2 rings (SSSR count). The van der Waals surface area contributed by atoms with E-state index in [4.69, 9.17) is 0 Å². The van der Waals surface area contributed by atoms with E-state index in [1.807, 2.05) is 13.8 Å². The summed E-state index contributed by atoms with van der Waals surface area (Å²) in [4.78, 5) is 23.7. The topological polar surface area (TPSA) is 65.0 Å². The first-order valence-corrected chi connectivity index (χ1v) is 8.90. The van der Waals surface area contributed by atoms with Crippen LogP contribution in [0.1, 0.15) is 13.8 Å². The second kappa shape index (κ2) is 10.3. The van der Waals surface area contributed by atoms with Crippen LogP contribution in [-0.2, 0) is 9.53 Å². The minimum absolute atomic E-state index is 0.248. The van der Waals surface area contributed by atoms with Gasteiger partial charge in [-0.15, -0.1) is 0 Å². The average Bonchev–Trinajstić information content (AvgIpc) is 2.62. The molecular weight excluding hydrogens is 374 g/mol. The average molecular weight is 391 g/mol. The Hall–Kier alpha value is -1.73. The van der Waals surface area contributed by atoms with Gasteiger partial charge in [0.1, 0.15) is 0 Å². The number of hydrogen-bond donors (Lipinski definition) is 0. The molecule has 2 aromatic heterocycles. The molecule has 2 atom stereocenters. The van der Waals surface area contributed by atoms with Gasteiger partial charge in [0.2, 0.25) is 5.85 Å². The lowest BCUT2D eigenvalue weighted by atomic mass is 10.3. The zero-order chi connectivity index (χ0) is 18.9. The molecule has 0 fully saturated rings. The van der Waals surface area contributed by atoms with Crippen LogP contribution in [0.2, 0.25) is 0 Å². The minimum atomic E-state index is -4.61. The van der Waals surface area contributed by atoms with Crippen molar-refractivity contribution in [1.82, 2.24) is 15.0 Å². The molecule has 2 aromatic rings. The highest BCUT2D eigenvalue weighted by Gasteiger charge is 2.39. The molecule has 0 aliphatic heterocycles. The van der Waals surface area contributed by atoms with Gasteiger partial charge in [0.05, 0.1) is 17.1 Å². The highest BCUT2D eigenvalue weighted by atomic mass is 32.2. The Kier molecular flexibility index (Phi) is 8.78. The van der Waals surface area contributed by atoms with Gasteiger partial charge in [-0.25, -0.2) is 9.97 Å². The number of esters is 1. The van der Waals surface area contributed by atoms with Crippen molar-refractivity contribution in [3.8, 4) is 11.4 Å². The SMILES string of the molecule is CC.O=C(CSc1nccc(-c2ccccn2)n1)OC(P)C(F)(F)F. The minimum Gasteiger partial charge on any atom is -0.448 e. The van der Waals surface area contributed by atoms with Crippen molar-refractivity contribution in [3.63, 3.8) is 0 Å². The lowest BCUT2D eigenvalue weighted by Crippen LogP contribution is -2.28. The standard InChI is InChI=1S/C13H11F3N3O2PS.C2H6/c14-13(15,16)11(22)21-10(20)7-23-12-18-6-4-9(19-12)8-3-1-2-5-17-8;1-2/h1-6,11H,7,22H2;1-2H3. The second-order valence-electron chi connectivity index (χ2n) is 4.18. The molecule has 0 saturated carbocycles. The third-order valence-electron chi connectivity index (χ3n) is 2.46. The summed E-state index contributed by atoms with van der Waals surface area (Å²) in [5.41, 5.74) is 1.18. The van der Waals surface area contributed by atoms with Crippen LogP contribution in [0.15, 0.2) is 41.8 Å². The predicted octanol–water partition coefficient (Wildman–Crippen LogP) is 3.96. The Morgan fingerprint density at radius 3 is 2.52 bits per heavy atom. The number of ether oxygens (including phenoxy) is 1. The number of pyridine rings is 1. The van der Waals surface area contributed by atoms with E-state index in [0.717, 1.165) is 11.8 Å². The number of alkyl halides is 3. The van der Waals surface area contributed by atoms with Gasteiger partial charge in [-0.3, -0.25) is 9.78 Å². The van der Waals surface area contributed by atoms with Crippen LogP contribution < -0.4 is 0 Å². The van der Waals surface area contributed by atoms with Gasteiger partial charge in [0, 0.05) is 12.4 Å². The molecule has 10 heteroatoms. The fraction of sp³-hybridized carbons (Fsp3) is 0.333. The van der Waals surface area contributed by atoms with Crippen LogP contribution in [0, 0.1) is 0 Å². The monoisotopic (exact) mass is 391 g/mol. The summed E-state index contributed by atoms with van der Waals surface area (Å²) in [6, 6.07) is 6.96. The van der Waals surface area contributed by atoms with Crippen LogP contribution in [0.3, 0.4) is 0 Å². The lowest BCUT2D eigenvalue weighted by molar-refractivity contribution is -0.195. The van der Waals surface area contributed by atoms with Crippen molar-refractivity contribution >= 4 is 27.0 Å². The zero-order valence-corrected chi connectivity index (χ0v) is 15.5. The van der Waals surface area contributed by atoms with Crippen LogP contribution in [-0.4, -0.2) is 38.7 Å². The normalized spacial score (nSPS) is 11.9. The van der Waals surface area contributed by atoms with Crippen molar-refractivity contribution in [2.75, 3.05) is 5.75 Å². The summed E-state index contributed by atoms with van der Waals surface area (Å²) in [7, 11) is 1.43. The molecule has 0 aliphatic rings. The van der Waals surface area contributed by atoms with Crippen molar-refractivity contribution in [1.29, 1.82) is 0 Å². The van der Waals surface area contributed by atoms with Crippen molar-refractivity contribution in [2.45, 2.75) is 31.0 Å². The molecule has 0 amide bonds. The van der Waals surface area contributed by atoms with E-state index in [-0.39, 0.29) is 10.9 Å². The van der Waals surface area contributed by atoms with Crippen LogP contribution in [0.4, 0.5) is 13.2 Å². The molecular formula is C15H17F3N3O2PS. The van der Waals surface area contributed by atoms with Gasteiger partial charge in [-0.1, -0.05) is 40.9 Å². The Labute approximate surface area is 150 Å². The van der Waals surface area contributed by atoms with Gasteiger partial charge in [0.25, 0.3) is 0 Å². The first kappa shape index (κ1) is 21.3. The Morgan fingerprint density at radius 1 is 1.20 bits per heavy atom. The van der Waals surface area contributed by atoms with Crippen LogP contribution >= 0.6 is 21.0 Å². The van der Waals surface area contributed by atoms with Crippen molar-refractivity contribution in [3.05, 3.63) is 36.7 Å². The quantitative estimate of drug-likeness (QED) is 0.333. The molecule has 136 valence electrons. The Morgan fingerprint density at radius 2 is 1.92 bits per heavy atom. The molecule has 2 heterocycles. The third kappa shape index (κ3) is 7.36. The van der Waals surface area contributed by atoms with Gasteiger partial charge in [0.15, 0.2) is 5.16 Å². The molecule has 2 unspecified atom stereocenters. The lowest BCUT2D eigenvalue weighted by Gasteiger charge is -2.15. The highest BCUT2D eigenvalue weighted by Crippen LogP contribution is 2.28. The molecule has 0 N–H and O–H groups in total. The maximum atomic E-state index is 12.3. The molecule has 0 aromatic carbocycles. The number of aromatic nitrogens is 3. The van der Waals surface area contributed by atoms with E-state index >= 15 is 0 Å². The fourth-order valence-electron chi connectivity index (χ4n) is 1.43. The smallest absolute Gasteiger partial charge is 0.428 e. The number of rotatable bonds is 5. The first-order valence-electron chi connectivity index (χ1n) is 7.25. The number of nitrogens with zero attached hydrogens (tertiary/aromatic N) is 3. The maximum absolute atomic E-state index is 12.3. The largest absolute Gasteiger partial charge is 0.448 e. The summed E-state index contributed by atoms with van der Waals surface area (Å²) in [6.07, 6.45) is -1.52. The summed E-state index contributed by atoms with van der Waals surface area (Å²) in [5, 5.41) is 0.248. The number of halogens is 3. The molecule has 5 nitrogen and oxygen atoms in total. The molecule has 0 saturated heterocycles. The van der Waals surface area contributed by atoms with Gasteiger partial charge < -0.3 is 4.74 Å². The van der Waals surface area contributed by atoms with E-state index in [2.05, 4.69) is 19.7 Å². The van der Waals surface area contributed by atoms with E-state index in [0.29, 0.717) is 11.4 Å². The molecule has 25 heavy (non-hydrogen) atoms. The maximum Gasteiger partial charge on any atom is 0.428 e. The van der Waals surface area contributed by atoms with E-state index in [1.54, 1.807) is 30.5 Å². The molecule has 0 radical (unpaired) electrons. The van der Waals surface area contributed by atoms with Gasteiger partial charge in [-0.2, -0.15) is 13.2 Å². The van der Waals surface area contributed by atoms with Crippen LogP contribution in [0.25, 0.3) is 11.4 Å². The van der Waals surface area contributed by atoms with E-state index < -0.39 is 18.0 Å². The van der Waals surface area contributed by atoms with Crippen LogP contribution in [0.5, 0.6) is 0 Å². The Bertz CT molecular complexity index is 675. The molecule has 0 spiro atoms. The zero-order valence-electron chi connectivity index (χ0n) is 13.5. The summed E-state index contributed by atoms with van der Waals surface area (Å²) in [6.45, 7) is 4.00. The van der Waals surface area contributed by atoms with Gasteiger partial charge in [-0.05, 0) is 18.2 Å². The van der Waals surface area contributed by atoms with E-state index in [9.17, 15) is 18.0 Å². The second-order valence-corrected chi connectivity index (χ2v) is 5.73. The van der Waals surface area contributed by atoms with E-state index in [1.165, 1.54) is 15.4 Å². The van der Waals surface area contributed by atoms with Crippen molar-refractivity contribution < 1.29 is 22.7 Å². The summed E-state index contributed by atoms with van der Waals surface area (Å²) < 4.78 is 41.1.